The summed E-state index contributed by atoms with van der Waals surface area (Å²) < 4.78 is 10.6. The summed E-state index contributed by atoms with van der Waals surface area (Å²) in [5.41, 5.74) is 7.63. The van der Waals surface area contributed by atoms with Crippen LogP contribution in [-0.2, 0) is 9.59 Å². The summed E-state index contributed by atoms with van der Waals surface area (Å²) in [6.07, 6.45) is 0.159. The number of ether oxygens (including phenoxy) is 2. The molecule has 0 spiro atoms. The number of carbonyl (C=O) groups is 2. The third-order valence-electron chi connectivity index (χ3n) is 4.17. The lowest BCUT2D eigenvalue weighted by Crippen LogP contribution is -2.35. The van der Waals surface area contributed by atoms with Crippen molar-refractivity contribution in [3.05, 3.63) is 48.0 Å². The third-order valence-corrected chi connectivity index (χ3v) is 4.17. The molecule has 0 aliphatic rings. The van der Waals surface area contributed by atoms with Crippen molar-refractivity contribution >= 4 is 23.2 Å². The Hall–Kier alpha value is -3.02. The molecule has 2 rings (SSSR count). The van der Waals surface area contributed by atoms with Crippen molar-refractivity contribution in [2.45, 2.75) is 26.2 Å². The third kappa shape index (κ3) is 4.33. The highest BCUT2D eigenvalue weighted by Gasteiger charge is 2.24. The molecule has 0 fully saturated rings. The van der Waals surface area contributed by atoms with Crippen molar-refractivity contribution < 1.29 is 19.1 Å². The maximum atomic E-state index is 12.8. The summed E-state index contributed by atoms with van der Waals surface area (Å²) >= 11 is 0. The maximum absolute atomic E-state index is 12.8. The second-order valence-corrected chi connectivity index (χ2v) is 6.05. The average molecular weight is 356 g/mol. The second-order valence-electron chi connectivity index (χ2n) is 6.05. The van der Waals surface area contributed by atoms with Gasteiger partial charge >= 0.3 is 0 Å². The number of amides is 2. The number of benzene rings is 2. The predicted octanol–water partition coefficient (Wildman–Crippen LogP) is 3.36. The van der Waals surface area contributed by atoms with Gasteiger partial charge in [-0.15, -0.1) is 0 Å². The van der Waals surface area contributed by atoms with Gasteiger partial charge in [0.25, 0.3) is 0 Å². The van der Waals surface area contributed by atoms with E-state index in [0.717, 1.165) is 5.56 Å². The lowest BCUT2D eigenvalue weighted by Gasteiger charge is -2.22. The van der Waals surface area contributed by atoms with Crippen LogP contribution >= 0.6 is 0 Å². The Labute approximate surface area is 153 Å². The van der Waals surface area contributed by atoms with E-state index in [1.165, 1.54) is 11.8 Å². The normalized spacial score (nSPS) is 11.5. The highest BCUT2D eigenvalue weighted by Crippen LogP contribution is 2.33. The Morgan fingerprint density at radius 1 is 1.08 bits per heavy atom. The van der Waals surface area contributed by atoms with Crippen molar-refractivity contribution in [2.24, 2.45) is 0 Å². The Bertz CT molecular complexity index is 787. The molecule has 1 atom stereocenters. The Morgan fingerprint density at radius 3 is 2.27 bits per heavy atom. The summed E-state index contributed by atoms with van der Waals surface area (Å²) in [5.74, 6) is 0.558. The molecule has 0 aliphatic heterocycles. The lowest BCUT2D eigenvalue weighted by molar-refractivity contribution is -0.125. The summed E-state index contributed by atoms with van der Waals surface area (Å²) in [6.45, 7) is 3.29. The molecule has 6 heteroatoms. The molecule has 0 saturated carbocycles. The van der Waals surface area contributed by atoms with E-state index in [9.17, 15) is 9.59 Å². The van der Waals surface area contributed by atoms with E-state index < -0.39 is 0 Å². The molecule has 138 valence electrons. The molecule has 0 radical (unpaired) electrons. The minimum atomic E-state index is -0.339. The van der Waals surface area contributed by atoms with Gasteiger partial charge in [-0.3, -0.25) is 14.5 Å². The Kier molecular flexibility index (Phi) is 6.22. The van der Waals surface area contributed by atoms with Gasteiger partial charge in [-0.05, 0) is 41.8 Å². The summed E-state index contributed by atoms with van der Waals surface area (Å²) in [7, 11) is 3.15. The van der Waals surface area contributed by atoms with Crippen LogP contribution in [0.25, 0.3) is 0 Å². The monoisotopic (exact) mass is 356 g/mol. The number of nitrogen functional groups attached to an aromatic ring is 1. The molecule has 0 aromatic heterocycles. The fraction of sp³-hybridized carbons (Fsp3) is 0.300. The molecule has 0 aliphatic carbocycles. The molecular weight excluding hydrogens is 332 g/mol. The second kappa shape index (κ2) is 8.38. The van der Waals surface area contributed by atoms with E-state index in [-0.39, 0.29) is 24.2 Å². The fourth-order valence-electron chi connectivity index (χ4n) is 2.81. The standard InChI is InChI=1S/C20H24N2O4/c1-13(18-10-9-17(25-3)12-19(18)26-4)11-20(24)22(14(2)23)16-7-5-15(21)6-8-16/h5-10,12-13H,11,21H2,1-4H3. The number of hydrogen-bond donors (Lipinski definition) is 1. The molecule has 1 unspecified atom stereocenters. The van der Waals surface area contributed by atoms with Crippen LogP contribution in [0.2, 0.25) is 0 Å². The first-order chi connectivity index (χ1) is 12.4. The van der Waals surface area contributed by atoms with Crippen LogP contribution in [0.3, 0.4) is 0 Å². The fourth-order valence-corrected chi connectivity index (χ4v) is 2.81. The van der Waals surface area contributed by atoms with Gasteiger partial charge in [-0.1, -0.05) is 13.0 Å². The van der Waals surface area contributed by atoms with Crippen LogP contribution in [0.5, 0.6) is 11.5 Å². The van der Waals surface area contributed by atoms with Crippen LogP contribution in [0.15, 0.2) is 42.5 Å². The van der Waals surface area contributed by atoms with Gasteiger partial charge in [-0.2, -0.15) is 0 Å². The summed E-state index contributed by atoms with van der Waals surface area (Å²) in [5, 5.41) is 0. The molecule has 6 nitrogen and oxygen atoms in total. The van der Waals surface area contributed by atoms with Gasteiger partial charge in [0, 0.05) is 25.1 Å². The van der Waals surface area contributed by atoms with Crippen LogP contribution in [0, 0.1) is 0 Å². The molecule has 2 N–H and O–H groups in total. The van der Waals surface area contributed by atoms with Crippen LogP contribution < -0.4 is 20.1 Å². The first kappa shape index (κ1) is 19.3. The first-order valence-electron chi connectivity index (χ1n) is 8.28. The van der Waals surface area contributed by atoms with Crippen molar-refractivity contribution in [2.75, 3.05) is 24.9 Å². The number of hydrogen-bond acceptors (Lipinski definition) is 5. The first-order valence-corrected chi connectivity index (χ1v) is 8.28. The number of nitrogens with zero attached hydrogens (tertiary/aromatic N) is 1. The zero-order chi connectivity index (χ0) is 19.3. The number of carbonyl (C=O) groups excluding carboxylic acids is 2. The molecule has 26 heavy (non-hydrogen) atoms. The molecule has 2 aromatic rings. The number of rotatable bonds is 6. The van der Waals surface area contributed by atoms with Crippen LogP contribution in [0.1, 0.15) is 31.7 Å². The highest BCUT2D eigenvalue weighted by atomic mass is 16.5. The number of anilines is 2. The Morgan fingerprint density at radius 2 is 1.73 bits per heavy atom. The van der Waals surface area contributed by atoms with Gasteiger partial charge in [0.05, 0.1) is 19.9 Å². The number of imide groups is 1. The smallest absolute Gasteiger partial charge is 0.234 e. The van der Waals surface area contributed by atoms with Crippen LogP contribution in [-0.4, -0.2) is 26.0 Å². The van der Waals surface area contributed by atoms with Gasteiger partial charge in [0.2, 0.25) is 11.8 Å². The zero-order valence-corrected chi connectivity index (χ0v) is 15.5. The van der Waals surface area contributed by atoms with E-state index in [1.54, 1.807) is 44.6 Å². The van der Waals surface area contributed by atoms with Gasteiger partial charge < -0.3 is 15.2 Å². The quantitative estimate of drug-likeness (QED) is 0.803. The predicted molar refractivity (Wildman–Crippen MR) is 102 cm³/mol. The summed E-state index contributed by atoms with van der Waals surface area (Å²) in [6, 6.07) is 12.1. The average Bonchev–Trinajstić information content (AvgIpc) is 2.62. The molecule has 2 aromatic carbocycles. The Balaban J connectivity index is 2.23. The van der Waals surface area contributed by atoms with Crippen molar-refractivity contribution in [1.29, 1.82) is 0 Å². The van der Waals surface area contributed by atoms with E-state index in [2.05, 4.69) is 0 Å². The molecule has 2 amide bonds. The highest BCUT2D eigenvalue weighted by molar-refractivity contribution is 6.14. The van der Waals surface area contributed by atoms with Gasteiger partial charge in [-0.25, -0.2) is 0 Å². The van der Waals surface area contributed by atoms with E-state index in [0.29, 0.717) is 22.9 Å². The van der Waals surface area contributed by atoms with E-state index >= 15 is 0 Å². The SMILES string of the molecule is COc1ccc(C(C)CC(=O)N(C(C)=O)c2ccc(N)cc2)c(OC)c1. The minimum absolute atomic E-state index is 0.140. The number of nitrogens with two attached hydrogens (primary N) is 1. The topological polar surface area (TPSA) is 81.9 Å². The largest absolute Gasteiger partial charge is 0.497 e. The summed E-state index contributed by atoms with van der Waals surface area (Å²) in [4.78, 5) is 26.0. The molecule has 0 saturated heterocycles. The minimum Gasteiger partial charge on any atom is -0.497 e. The lowest BCUT2D eigenvalue weighted by atomic mass is 9.95. The molecule has 0 heterocycles. The maximum Gasteiger partial charge on any atom is 0.234 e. The molecular formula is C20H24N2O4. The zero-order valence-electron chi connectivity index (χ0n) is 15.5. The molecule has 0 bridgehead atoms. The van der Waals surface area contributed by atoms with Crippen molar-refractivity contribution in [3.63, 3.8) is 0 Å². The number of methoxy groups -OCH3 is 2. The van der Waals surface area contributed by atoms with Gasteiger partial charge in [0.1, 0.15) is 11.5 Å². The van der Waals surface area contributed by atoms with Crippen molar-refractivity contribution in [1.82, 2.24) is 0 Å². The van der Waals surface area contributed by atoms with Crippen LogP contribution in [0.4, 0.5) is 11.4 Å². The van der Waals surface area contributed by atoms with E-state index in [1.807, 2.05) is 19.1 Å². The van der Waals surface area contributed by atoms with Crippen molar-refractivity contribution in [3.8, 4) is 11.5 Å². The van der Waals surface area contributed by atoms with E-state index in [4.69, 9.17) is 15.2 Å². The van der Waals surface area contributed by atoms with Gasteiger partial charge in [0.15, 0.2) is 0 Å².